The third-order valence-electron chi connectivity index (χ3n) is 3.35. The van der Waals surface area contributed by atoms with Gasteiger partial charge in [-0.25, -0.2) is 0 Å². The van der Waals surface area contributed by atoms with E-state index in [1.165, 1.54) is 11.1 Å². The molecule has 1 N–H and O–H groups in total. The first kappa shape index (κ1) is 14.3. The maximum Gasteiger partial charge on any atom is 0.213 e. The van der Waals surface area contributed by atoms with E-state index in [4.69, 9.17) is 10.1 Å². The normalized spacial score (nSPS) is 10.6. The summed E-state index contributed by atoms with van der Waals surface area (Å²) in [5.41, 5.74) is 4.52. The van der Waals surface area contributed by atoms with Crippen LogP contribution in [-0.2, 0) is 4.74 Å². The van der Waals surface area contributed by atoms with E-state index in [0.29, 0.717) is 12.5 Å². The molecule has 0 bridgehead atoms. The zero-order valence-electron chi connectivity index (χ0n) is 12.3. The van der Waals surface area contributed by atoms with Crippen molar-refractivity contribution in [3.63, 3.8) is 0 Å². The van der Waals surface area contributed by atoms with Crippen molar-refractivity contribution in [1.82, 2.24) is 0 Å². The molecule has 0 saturated carbocycles. The van der Waals surface area contributed by atoms with E-state index in [2.05, 4.69) is 38.1 Å². The Morgan fingerprint density at radius 1 is 0.950 bits per heavy atom. The first-order chi connectivity index (χ1) is 9.61. The van der Waals surface area contributed by atoms with Gasteiger partial charge in [-0.1, -0.05) is 50.2 Å². The van der Waals surface area contributed by atoms with Gasteiger partial charge in [-0.2, -0.15) is 0 Å². The molecule has 0 aromatic heterocycles. The van der Waals surface area contributed by atoms with Crippen molar-refractivity contribution >= 4 is 5.90 Å². The molecule has 0 atom stereocenters. The zero-order chi connectivity index (χ0) is 14.5. The highest BCUT2D eigenvalue weighted by molar-refractivity contribution is 5.92. The quantitative estimate of drug-likeness (QED) is 0.624. The van der Waals surface area contributed by atoms with E-state index in [1.54, 1.807) is 0 Å². The van der Waals surface area contributed by atoms with Crippen molar-refractivity contribution in [2.75, 3.05) is 6.61 Å². The lowest BCUT2D eigenvalue weighted by Crippen LogP contribution is -2.04. The average Bonchev–Trinajstić information content (AvgIpc) is 2.48. The van der Waals surface area contributed by atoms with Crippen molar-refractivity contribution in [2.45, 2.75) is 26.7 Å². The van der Waals surface area contributed by atoms with Crippen LogP contribution in [0.25, 0.3) is 11.1 Å². The van der Waals surface area contributed by atoms with Crippen molar-refractivity contribution < 1.29 is 4.74 Å². The first-order valence-corrected chi connectivity index (χ1v) is 7.04. The van der Waals surface area contributed by atoms with Crippen LogP contribution in [0, 0.1) is 5.41 Å². The summed E-state index contributed by atoms with van der Waals surface area (Å²) >= 11 is 0. The second-order valence-electron chi connectivity index (χ2n) is 5.12. The van der Waals surface area contributed by atoms with Crippen LogP contribution in [0.1, 0.15) is 37.8 Å². The highest BCUT2D eigenvalue weighted by Gasteiger charge is 2.04. The SMILES string of the molecule is CCOC(=N)c1ccc(-c2ccc(C(C)C)cc2)cc1. The Morgan fingerprint density at radius 2 is 1.45 bits per heavy atom. The number of hydrogen-bond acceptors (Lipinski definition) is 2. The molecular weight excluding hydrogens is 246 g/mol. The molecular formula is C18H21NO. The Hall–Kier alpha value is -2.09. The van der Waals surface area contributed by atoms with Crippen LogP contribution in [0.2, 0.25) is 0 Å². The Morgan fingerprint density at radius 3 is 1.90 bits per heavy atom. The smallest absolute Gasteiger partial charge is 0.213 e. The van der Waals surface area contributed by atoms with Crippen LogP contribution in [0.3, 0.4) is 0 Å². The van der Waals surface area contributed by atoms with Gasteiger partial charge in [0, 0.05) is 5.56 Å². The van der Waals surface area contributed by atoms with Gasteiger partial charge in [-0.15, -0.1) is 0 Å². The summed E-state index contributed by atoms with van der Waals surface area (Å²) in [4.78, 5) is 0. The van der Waals surface area contributed by atoms with Gasteiger partial charge in [0.25, 0.3) is 0 Å². The molecule has 20 heavy (non-hydrogen) atoms. The Bertz CT molecular complexity index is 567. The lowest BCUT2D eigenvalue weighted by atomic mass is 9.98. The molecule has 104 valence electrons. The molecule has 2 rings (SSSR count). The van der Waals surface area contributed by atoms with Gasteiger partial charge in [0.05, 0.1) is 6.61 Å². The predicted molar refractivity (Wildman–Crippen MR) is 84.4 cm³/mol. The van der Waals surface area contributed by atoms with Crippen molar-refractivity contribution in [1.29, 1.82) is 5.41 Å². The van der Waals surface area contributed by atoms with Gasteiger partial charge in [0.15, 0.2) is 0 Å². The molecule has 0 saturated heterocycles. The van der Waals surface area contributed by atoms with E-state index in [-0.39, 0.29) is 5.90 Å². The molecule has 0 radical (unpaired) electrons. The van der Waals surface area contributed by atoms with Crippen LogP contribution in [0.15, 0.2) is 48.5 Å². The molecule has 0 heterocycles. The van der Waals surface area contributed by atoms with Gasteiger partial charge >= 0.3 is 0 Å². The van der Waals surface area contributed by atoms with Crippen molar-refractivity contribution in [3.05, 3.63) is 59.7 Å². The van der Waals surface area contributed by atoms with E-state index in [1.807, 2.05) is 31.2 Å². The van der Waals surface area contributed by atoms with Crippen LogP contribution in [-0.4, -0.2) is 12.5 Å². The van der Waals surface area contributed by atoms with E-state index < -0.39 is 0 Å². The third kappa shape index (κ3) is 3.27. The summed E-state index contributed by atoms with van der Waals surface area (Å²) in [5, 5.41) is 7.76. The number of ether oxygens (including phenoxy) is 1. The molecule has 0 fully saturated rings. The summed E-state index contributed by atoms with van der Waals surface area (Å²) in [6.45, 7) is 6.81. The molecule has 0 spiro atoms. The van der Waals surface area contributed by atoms with E-state index in [0.717, 1.165) is 11.1 Å². The predicted octanol–water partition coefficient (Wildman–Crippen LogP) is 4.84. The lowest BCUT2D eigenvalue weighted by Gasteiger charge is -2.08. The fourth-order valence-corrected chi connectivity index (χ4v) is 2.10. The van der Waals surface area contributed by atoms with Gasteiger partial charge in [-0.05, 0) is 41.7 Å². The number of hydrogen-bond donors (Lipinski definition) is 1. The van der Waals surface area contributed by atoms with Gasteiger partial charge in [-0.3, -0.25) is 5.41 Å². The minimum atomic E-state index is 0.231. The second kappa shape index (κ2) is 6.38. The molecule has 2 nitrogen and oxygen atoms in total. The van der Waals surface area contributed by atoms with Gasteiger partial charge in [0.1, 0.15) is 0 Å². The Kier molecular flexibility index (Phi) is 4.57. The lowest BCUT2D eigenvalue weighted by molar-refractivity contribution is 0.325. The molecule has 0 amide bonds. The molecule has 2 aromatic rings. The fourth-order valence-electron chi connectivity index (χ4n) is 2.10. The topological polar surface area (TPSA) is 33.1 Å². The molecule has 2 heteroatoms. The van der Waals surface area contributed by atoms with Gasteiger partial charge in [0.2, 0.25) is 5.90 Å². The molecule has 0 aliphatic heterocycles. The zero-order valence-corrected chi connectivity index (χ0v) is 12.3. The number of benzene rings is 2. The van der Waals surface area contributed by atoms with Crippen LogP contribution >= 0.6 is 0 Å². The van der Waals surface area contributed by atoms with Crippen molar-refractivity contribution in [2.24, 2.45) is 0 Å². The highest BCUT2D eigenvalue weighted by Crippen LogP contribution is 2.23. The fraction of sp³-hybridized carbons (Fsp3) is 0.278. The summed E-state index contributed by atoms with van der Waals surface area (Å²) in [7, 11) is 0. The summed E-state index contributed by atoms with van der Waals surface area (Å²) in [6, 6.07) is 16.6. The van der Waals surface area contributed by atoms with E-state index in [9.17, 15) is 0 Å². The summed E-state index contributed by atoms with van der Waals surface area (Å²) in [6.07, 6.45) is 0. The van der Waals surface area contributed by atoms with E-state index >= 15 is 0 Å². The minimum absolute atomic E-state index is 0.231. The minimum Gasteiger partial charge on any atom is -0.478 e. The maximum atomic E-state index is 7.76. The second-order valence-corrected chi connectivity index (χ2v) is 5.12. The first-order valence-electron chi connectivity index (χ1n) is 7.04. The van der Waals surface area contributed by atoms with Crippen LogP contribution in [0.4, 0.5) is 0 Å². The maximum absolute atomic E-state index is 7.76. The van der Waals surface area contributed by atoms with Crippen LogP contribution < -0.4 is 0 Å². The van der Waals surface area contributed by atoms with Crippen molar-refractivity contribution in [3.8, 4) is 11.1 Å². The highest BCUT2D eigenvalue weighted by atomic mass is 16.5. The third-order valence-corrected chi connectivity index (χ3v) is 3.35. The van der Waals surface area contributed by atoms with Gasteiger partial charge < -0.3 is 4.74 Å². The monoisotopic (exact) mass is 267 g/mol. The van der Waals surface area contributed by atoms with Crippen LogP contribution in [0.5, 0.6) is 0 Å². The molecule has 0 aliphatic carbocycles. The molecule has 2 aromatic carbocycles. The largest absolute Gasteiger partial charge is 0.478 e. The number of rotatable bonds is 4. The summed E-state index contributed by atoms with van der Waals surface area (Å²) in [5.74, 6) is 0.785. The summed E-state index contributed by atoms with van der Waals surface area (Å²) < 4.78 is 5.20. The average molecular weight is 267 g/mol. The standard InChI is InChI=1S/C18H21NO/c1-4-20-18(19)17-11-9-16(10-12-17)15-7-5-14(6-8-15)13(2)3/h5-13,19H,4H2,1-3H3. The Balaban J connectivity index is 2.19. The molecule has 0 aliphatic rings. The number of nitrogens with one attached hydrogen (secondary N) is 1. The Labute approximate surface area is 120 Å². The molecule has 0 unspecified atom stereocenters.